The van der Waals surface area contributed by atoms with Gasteiger partial charge in [0.1, 0.15) is 11.9 Å². The van der Waals surface area contributed by atoms with Gasteiger partial charge in [-0.1, -0.05) is 11.6 Å². The summed E-state index contributed by atoms with van der Waals surface area (Å²) in [5, 5.41) is 0.734. The van der Waals surface area contributed by atoms with Gasteiger partial charge in [-0.15, -0.1) is 0 Å². The van der Waals surface area contributed by atoms with E-state index >= 15 is 0 Å². The van der Waals surface area contributed by atoms with Gasteiger partial charge in [-0.05, 0) is 37.0 Å². The summed E-state index contributed by atoms with van der Waals surface area (Å²) in [5.74, 6) is 1.66. The van der Waals surface area contributed by atoms with Crippen molar-refractivity contribution in [2.24, 2.45) is 11.7 Å². The van der Waals surface area contributed by atoms with Crippen LogP contribution in [-0.2, 0) is 0 Å². The summed E-state index contributed by atoms with van der Waals surface area (Å²) in [6.07, 6.45) is 3.84. The monoisotopic (exact) mass is 223 g/mol. The summed E-state index contributed by atoms with van der Waals surface area (Å²) in [7, 11) is 0. The molecule has 0 amide bonds. The number of halogens is 1. The Morgan fingerprint density at radius 3 is 2.87 bits per heavy atom. The average Bonchev–Trinajstić information content (AvgIpc) is 3.02. The number of ether oxygens (including phenoxy) is 1. The molecule has 2 aliphatic rings. The molecule has 1 heterocycles. The maximum Gasteiger partial charge on any atom is 0.124 e. The maximum atomic E-state index is 6.13. The van der Waals surface area contributed by atoms with E-state index in [1.807, 2.05) is 18.2 Å². The van der Waals surface area contributed by atoms with Crippen LogP contribution in [0.25, 0.3) is 0 Å². The zero-order valence-corrected chi connectivity index (χ0v) is 9.20. The van der Waals surface area contributed by atoms with Crippen molar-refractivity contribution >= 4 is 11.6 Å². The van der Waals surface area contributed by atoms with Gasteiger partial charge in [-0.3, -0.25) is 0 Å². The van der Waals surface area contributed by atoms with Gasteiger partial charge in [-0.25, -0.2) is 0 Å². The molecule has 0 bridgehead atoms. The van der Waals surface area contributed by atoms with Crippen LogP contribution in [0.3, 0.4) is 0 Å². The Balaban J connectivity index is 1.93. The molecule has 1 unspecified atom stereocenters. The van der Waals surface area contributed by atoms with Gasteiger partial charge in [0.05, 0.1) is 0 Å². The molecule has 1 saturated carbocycles. The van der Waals surface area contributed by atoms with Crippen molar-refractivity contribution in [1.82, 2.24) is 0 Å². The number of fused-ring (bicyclic) bond motifs is 1. The highest BCUT2D eigenvalue weighted by Crippen LogP contribution is 2.43. The van der Waals surface area contributed by atoms with E-state index in [9.17, 15) is 0 Å². The first-order valence-electron chi connectivity index (χ1n) is 5.46. The Hall–Kier alpha value is -0.730. The number of rotatable bonds is 1. The smallest absolute Gasteiger partial charge is 0.124 e. The standard InChI is InChI=1S/C12H14ClNO/c13-8-3-4-11-9(5-8)10(14)6-12(15-11)7-1-2-7/h3-5,7,10,12H,1-2,6,14H2/t10-,12?/m0/s1. The topological polar surface area (TPSA) is 35.2 Å². The normalized spacial score (nSPS) is 29.5. The van der Waals surface area contributed by atoms with Crippen LogP contribution in [0.2, 0.25) is 5.02 Å². The second kappa shape index (κ2) is 3.39. The van der Waals surface area contributed by atoms with Crippen molar-refractivity contribution in [3.63, 3.8) is 0 Å². The molecule has 2 atom stereocenters. The molecule has 1 aliphatic carbocycles. The molecule has 0 saturated heterocycles. The lowest BCUT2D eigenvalue weighted by atomic mass is 9.95. The largest absolute Gasteiger partial charge is 0.490 e. The van der Waals surface area contributed by atoms with E-state index in [1.54, 1.807) is 0 Å². The fourth-order valence-corrected chi connectivity index (χ4v) is 2.44. The molecule has 2 N–H and O–H groups in total. The second-order valence-electron chi connectivity index (χ2n) is 4.52. The Labute approximate surface area is 94.4 Å². The summed E-state index contributed by atoms with van der Waals surface area (Å²) in [4.78, 5) is 0. The minimum absolute atomic E-state index is 0.0815. The number of benzene rings is 1. The third-order valence-corrected chi connectivity index (χ3v) is 3.52. The molecule has 3 rings (SSSR count). The molecule has 1 aromatic carbocycles. The van der Waals surface area contributed by atoms with E-state index in [-0.39, 0.29) is 6.04 Å². The zero-order chi connectivity index (χ0) is 10.4. The van der Waals surface area contributed by atoms with E-state index in [2.05, 4.69) is 0 Å². The van der Waals surface area contributed by atoms with Gasteiger partial charge in [-0.2, -0.15) is 0 Å². The van der Waals surface area contributed by atoms with Crippen molar-refractivity contribution in [2.75, 3.05) is 0 Å². The predicted molar refractivity (Wildman–Crippen MR) is 60.1 cm³/mol. The Morgan fingerprint density at radius 1 is 1.33 bits per heavy atom. The van der Waals surface area contributed by atoms with Crippen LogP contribution < -0.4 is 10.5 Å². The molecule has 15 heavy (non-hydrogen) atoms. The minimum atomic E-state index is 0.0815. The first-order valence-corrected chi connectivity index (χ1v) is 5.83. The molecule has 1 aliphatic heterocycles. The lowest BCUT2D eigenvalue weighted by Gasteiger charge is -2.30. The summed E-state index contributed by atoms with van der Waals surface area (Å²) >= 11 is 5.94. The number of hydrogen-bond donors (Lipinski definition) is 1. The van der Waals surface area contributed by atoms with Crippen LogP contribution in [0.5, 0.6) is 5.75 Å². The van der Waals surface area contributed by atoms with E-state index in [1.165, 1.54) is 12.8 Å². The van der Waals surface area contributed by atoms with Crippen LogP contribution in [0.4, 0.5) is 0 Å². The van der Waals surface area contributed by atoms with Crippen molar-refractivity contribution < 1.29 is 4.74 Å². The zero-order valence-electron chi connectivity index (χ0n) is 8.45. The molecule has 0 spiro atoms. The summed E-state index contributed by atoms with van der Waals surface area (Å²) in [6, 6.07) is 5.80. The highest BCUT2D eigenvalue weighted by Gasteiger charge is 2.37. The third-order valence-electron chi connectivity index (χ3n) is 3.28. The molecule has 80 valence electrons. The van der Waals surface area contributed by atoms with Crippen molar-refractivity contribution in [3.05, 3.63) is 28.8 Å². The maximum absolute atomic E-state index is 6.13. The number of hydrogen-bond acceptors (Lipinski definition) is 2. The summed E-state index contributed by atoms with van der Waals surface area (Å²) in [5.41, 5.74) is 7.19. The van der Waals surface area contributed by atoms with Crippen molar-refractivity contribution in [1.29, 1.82) is 0 Å². The average molecular weight is 224 g/mol. The van der Waals surface area contributed by atoms with Crippen LogP contribution in [-0.4, -0.2) is 6.10 Å². The van der Waals surface area contributed by atoms with E-state index < -0.39 is 0 Å². The predicted octanol–water partition coefficient (Wildman–Crippen LogP) is 2.90. The molecule has 2 nitrogen and oxygen atoms in total. The quantitative estimate of drug-likeness (QED) is 0.795. The molecule has 3 heteroatoms. The van der Waals surface area contributed by atoms with Crippen LogP contribution in [0.1, 0.15) is 30.9 Å². The van der Waals surface area contributed by atoms with Crippen LogP contribution >= 0.6 is 11.6 Å². The fourth-order valence-electron chi connectivity index (χ4n) is 2.26. The third kappa shape index (κ3) is 1.72. The van der Waals surface area contributed by atoms with E-state index in [4.69, 9.17) is 22.1 Å². The highest BCUT2D eigenvalue weighted by molar-refractivity contribution is 6.30. The summed E-state index contributed by atoms with van der Waals surface area (Å²) in [6.45, 7) is 0. The molecule has 0 aromatic heterocycles. The molecular weight excluding hydrogens is 210 g/mol. The van der Waals surface area contributed by atoms with Gasteiger partial charge in [0.25, 0.3) is 0 Å². The Bertz CT molecular complexity index is 389. The van der Waals surface area contributed by atoms with Gasteiger partial charge >= 0.3 is 0 Å². The van der Waals surface area contributed by atoms with E-state index in [0.717, 1.165) is 28.7 Å². The highest BCUT2D eigenvalue weighted by atomic mass is 35.5. The molecular formula is C12H14ClNO. The van der Waals surface area contributed by atoms with Gasteiger partial charge in [0.2, 0.25) is 0 Å². The van der Waals surface area contributed by atoms with Gasteiger partial charge < -0.3 is 10.5 Å². The first kappa shape index (κ1) is 9.49. The fraction of sp³-hybridized carbons (Fsp3) is 0.500. The molecule has 1 fully saturated rings. The Morgan fingerprint density at radius 2 is 2.13 bits per heavy atom. The lowest BCUT2D eigenvalue weighted by molar-refractivity contribution is 0.138. The molecule has 0 radical (unpaired) electrons. The molecule has 1 aromatic rings. The van der Waals surface area contributed by atoms with Crippen molar-refractivity contribution in [2.45, 2.75) is 31.4 Å². The Kier molecular flexibility index (Phi) is 2.15. The second-order valence-corrected chi connectivity index (χ2v) is 4.95. The van der Waals surface area contributed by atoms with Crippen molar-refractivity contribution in [3.8, 4) is 5.75 Å². The van der Waals surface area contributed by atoms with E-state index in [0.29, 0.717) is 6.10 Å². The summed E-state index contributed by atoms with van der Waals surface area (Å²) < 4.78 is 5.94. The first-order chi connectivity index (χ1) is 7.24. The van der Waals surface area contributed by atoms with Crippen LogP contribution in [0, 0.1) is 5.92 Å². The lowest BCUT2D eigenvalue weighted by Crippen LogP contribution is -2.30. The van der Waals surface area contributed by atoms with Crippen LogP contribution in [0.15, 0.2) is 18.2 Å². The SMILES string of the molecule is N[C@H]1CC(C2CC2)Oc2ccc(Cl)cc21. The van der Waals surface area contributed by atoms with Gasteiger partial charge in [0.15, 0.2) is 0 Å². The van der Waals surface area contributed by atoms with Gasteiger partial charge in [0, 0.05) is 23.0 Å². The number of nitrogens with two attached hydrogens (primary N) is 1. The minimum Gasteiger partial charge on any atom is -0.490 e.